The number of hydrogen-bond donors (Lipinski definition) is 3. The zero-order chi connectivity index (χ0) is 22.8. The van der Waals surface area contributed by atoms with Crippen LogP contribution in [0.2, 0.25) is 0 Å². The van der Waals surface area contributed by atoms with Gasteiger partial charge in [0, 0.05) is 70.0 Å². The molecule has 0 spiro atoms. The Morgan fingerprint density at radius 2 is 1.97 bits per heavy atom. The summed E-state index contributed by atoms with van der Waals surface area (Å²) in [5, 5.41) is 15.9. The third-order valence-electron chi connectivity index (χ3n) is 6.20. The summed E-state index contributed by atoms with van der Waals surface area (Å²) in [7, 11) is 0. The molecule has 1 aromatic carbocycles. The minimum atomic E-state index is -0.240. The molecule has 1 atom stereocenters. The number of anilines is 1. The molecule has 1 aromatic rings. The van der Waals surface area contributed by atoms with Gasteiger partial charge < -0.3 is 30.3 Å². The summed E-state index contributed by atoms with van der Waals surface area (Å²) in [5.41, 5.74) is 0.884. The van der Waals surface area contributed by atoms with Gasteiger partial charge in [-0.05, 0) is 44.0 Å². The third kappa shape index (κ3) is 6.80. The van der Waals surface area contributed by atoms with Crippen molar-refractivity contribution in [3.05, 3.63) is 30.1 Å². The van der Waals surface area contributed by atoms with Crippen LogP contribution in [0.4, 0.5) is 10.1 Å². The molecule has 0 aliphatic carbocycles. The fourth-order valence-corrected chi connectivity index (χ4v) is 4.19. The number of aliphatic hydroxyl groups excluding tert-OH is 1. The number of benzene rings is 1. The number of ether oxygens (including phenoxy) is 1. The van der Waals surface area contributed by atoms with Gasteiger partial charge in [-0.15, -0.1) is 0 Å². The Morgan fingerprint density at radius 3 is 2.59 bits per heavy atom. The molecule has 2 heterocycles. The first-order valence-electron chi connectivity index (χ1n) is 11.5. The zero-order valence-corrected chi connectivity index (χ0v) is 19.0. The maximum absolute atomic E-state index is 13.1. The molecule has 3 N–H and O–H groups in total. The average Bonchev–Trinajstić information content (AvgIpc) is 3.27. The highest BCUT2D eigenvalue weighted by Crippen LogP contribution is 2.32. The number of aliphatic imine (C=N–C) groups is 1. The largest absolute Gasteiger partial charge is 0.396 e. The van der Waals surface area contributed by atoms with E-state index in [1.807, 2.05) is 11.8 Å². The number of nitrogens with zero attached hydrogens (tertiary/aromatic N) is 3. The summed E-state index contributed by atoms with van der Waals surface area (Å²) < 4.78 is 18.7. The van der Waals surface area contributed by atoms with E-state index in [-0.39, 0.29) is 23.7 Å². The minimum absolute atomic E-state index is 0.100. The van der Waals surface area contributed by atoms with Crippen LogP contribution in [-0.4, -0.2) is 87.5 Å². The fraction of sp³-hybridized carbons (Fsp3) is 0.652. The molecule has 1 unspecified atom stereocenters. The lowest BCUT2D eigenvalue weighted by atomic mass is 9.84. The SMILES string of the molecule is CCNC(=NCC1(CCO)CCOC1)NCCC(=O)N1CCN(c2ccc(F)cc2)CC1. The number of carbonyl (C=O) groups is 1. The van der Waals surface area contributed by atoms with Crippen molar-refractivity contribution in [1.29, 1.82) is 0 Å². The molecule has 0 aromatic heterocycles. The van der Waals surface area contributed by atoms with Crippen molar-refractivity contribution >= 4 is 17.6 Å². The van der Waals surface area contributed by atoms with Crippen molar-refractivity contribution < 1.29 is 19.0 Å². The molecule has 1 amide bonds. The topological polar surface area (TPSA) is 89.4 Å². The van der Waals surface area contributed by atoms with Gasteiger partial charge in [0.15, 0.2) is 5.96 Å². The lowest BCUT2D eigenvalue weighted by molar-refractivity contribution is -0.131. The molecule has 9 heteroatoms. The van der Waals surface area contributed by atoms with Crippen LogP contribution in [0.15, 0.2) is 29.3 Å². The van der Waals surface area contributed by atoms with Crippen LogP contribution in [0.1, 0.15) is 26.2 Å². The van der Waals surface area contributed by atoms with E-state index in [0.717, 1.165) is 31.7 Å². The molecule has 0 bridgehead atoms. The number of nitrogens with one attached hydrogen (secondary N) is 2. The van der Waals surface area contributed by atoms with E-state index in [1.165, 1.54) is 12.1 Å². The van der Waals surface area contributed by atoms with Crippen LogP contribution in [0.25, 0.3) is 0 Å². The first kappa shape index (κ1) is 24.3. The van der Waals surface area contributed by atoms with Crippen molar-refractivity contribution in [3.63, 3.8) is 0 Å². The van der Waals surface area contributed by atoms with Gasteiger partial charge >= 0.3 is 0 Å². The zero-order valence-electron chi connectivity index (χ0n) is 19.0. The molecule has 32 heavy (non-hydrogen) atoms. The molecule has 2 aliphatic rings. The summed E-state index contributed by atoms with van der Waals surface area (Å²) in [6.45, 7) is 8.09. The number of halogens is 1. The predicted octanol–water partition coefficient (Wildman–Crippen LogP) is 1.21. The number of hydrogen-bond acceptors (Lipinski definition) is 5. The van der Waals surface area contributed by atoms with Crippen LogP contribution in [0, 0.1) is 11.2 Å². The van der Waals surface area contributed by atoms with Crippen LogP contribution >= 0.6 is 0 Å². The summed E-state index contributed by atoms with van der Waals surface area (Å²) >= 11 is 0. The first-order chi connectivity index (χ1) is 15.5. The Kier molecular flexibility index (Phi) is 9.11. The first-order valence-corrected chi connectivity index (χ1v) is 11.5. The number of piperazine rings is 1. The van der Waals surface area contributed by atoms with Gasteiger partial charge in [-0.1, -0.05) is 0 Å². The number of amides is 1. The molecule has 0 radical (unpaired) electrons. The minimum Gasteiger partial charge on any atom is -0.396 e. The fourth-order valence-electron chi connectivity index (χ4n) is 4.19. The molecule has 2 fully saturated rings. The smallest absolute Gasteiger partial charge is 0.224 e. The average molecular weight is 450 g/mol. The molecule has 0 saturated carbocycles. The van der Waals surface area contributed by atoms with Gasteiger partial charge in [0.25, 0.3) is 0 Å². The van der Waals surface area contributed by atoms with E-state index in [4.69, 9.17) is 9.73 Å². The van der Waals surface area contributed by atoms with E-state index in [2.05, 4.69) is 15.5 Å². The van der Waals surface area contributed by atoms with Crippen molar-refractivity contribution in [2.45, 2.75) is 26.2 Å². The second-order valence-electron chi connectivity index (χ2n) is 8.49. The van der Waals surface area contributed by atoms with E-state index < -0.39 is 0 Å². The molecule has 3 rings (SSSR count). The summed E-state index contributed by atoms with van der Waals surface area (Å²) in [6, 6.07) is 6.49. The molecular formula is C23H36FN5O3. The molecule has 2 aliphatic heterocycles. The van der Waals surface area contributed by atoms with E-state index >= 15 is 0 Å². The van der Waals surface area contributed by atoms with E-state index in [1.54, 1.807) is 12.1 Å². The van der Waals surface area contributed by atoms with E-state index in [9.17, 15) is 14.3 Å². The normalized spacial score (nSPS) is 21.7. The van der Waals surface area contributed by atoms with Crippen molar-refractivity contribution in [3.8, 4) is 0 Å². The van der Waals surface area contributed by atoms with E-state index in [0.29, 0.717) is 58.2 Å². The summed E-state index contributed by atoms with van der Waals surface area (Å²) in [5.74, 6) is 0.564. The Labute approximate surface area is 189 Å². The van der Waals surface area contributed by atoms with Gasteiger partial charge in [-0.2, -0.15) is 0 Å². The van der Waals surface area contributed by atoms with Crippen LogP contribution in [0.3, 0.4) is 0 Å². The number of carbonyl (C=O) groups excluding carboxylic acids is 1. The number of aliphatic hydroxyl groups is 1. The van der Waals surface area contributed by atoms with Gasteiger partial charge in [0.2, 0.25) is 5.91 Å². The van der Waals surface area contributed by atoms with Crippen molar-refractivity contribution in [2.24, 2.45) is 10.4 Å². The van der Waals surface area contributed by atoms with Crippen LogP contribution < -0.4 is 15.5 Å². The van der Waals surface area contributed by atoms with Crippen molar-refractivity contribution in [2.75, 3.05) is 70.5 Å². The molecule has 8 nitrogen and oxygen atoms in total. The Bertz CT molecular complexity index is 745. The Morgan fingerprint density at radius 1 is 1.22 bits per heavy atom. The summed E-state index contributed by atoms with van der Waals surface area (Å²) in [4.78, 5) is 21.4. The highest BCUT2D eigenvalue weighted by atomic mass is 19.1. The number of rotatable bonds is 9. The predicted molar refractivity (Wildman–Crippen MR) is 123 cm³/mol. The lowest BCUT2D eigenvalue weighted by Gasteiger charge is -2.36. The van der Waals surface area contributed by atoms with Crippen LogP contribution in [0.5, 0.6) is 0 Å². The van der Waals surface area contributed by atoms with Gasteiger partial charge in [-0.25, -0.2) is 4.39 Å². The quantitative estimate of drug-likeness (QED) is 0.388. The molecular weight excluding hydrogens is 413 g/mol. The highest BCUT2D eigenvalue weighted by molar-refractivity contribution is 5.81. The monoisotopic (exact) mass is 449 g/mol. The Balaban J connectivity index is 1.42. The molecule has 178 valence electrons. The Hall–Kier alpha value is -2.39. The second-order valence-corrected chi connectivity index (χ2v) is 8.49. The molecule has 2 saturated heterocycles. The van der Waals surface area contributed by atoms with Gasteiger partial charge in [0.05, 0.1) is 13.2 Å². The van der Waals surface area contributed by atoms with Crippen LogP contribution in [-0.2, 0) is 9.53 Å². The standard InChI is InChI=1S/C23H36FN5O3/c1-2-25-22(27-17-23(8-15-30)9-16-32-18-23)26-10-7-21(31)29-13-11-28(12-14-29)20-5-3-19(24)4-6-20/h3-6,30H,2,7-18H2,1H3,(H2,25,26,27). The maximum atomic E-state index is 13.1. The van der Waals surface area contributed by atoms with Gasteiger partial charge in [-0.3, -0.25) is 9.79 Å². The highest BCUT2D eigenvalue weighted by Gasteiger charge is 2.34. The third-order valence-corrected chi connectivity index (χ3v) is 6.20. The summed E-state index contributed by atoms with van der Waals surface area (Å²) in [6.07, 6.45) is 1.98. The number of guanidine groups is 1. The van der Waals surface area contributed by atoms with Gasteiger partial charge in [0.1, 0.15) is 5.82 Å². The maximum Gasteiger partial charge on any atom is 0.224 e. The van der Waals surface area contributed by atoms with Crippen molar-refractivity contribution in [1.82, 2.24) is 15.5 Å². The lowest BCUT2D eigenvalue weighted by Crippen LogP contribution is -2.49. The second kappa shape index (κ2) is 12.0.